The summed E-state index contributed by atoms with van der Waals surface area (Å²) in [5.74, 6) is 0.574. The minimum atomic E-state index is 0.378. The molecule has 0 atom stereocenters. The highest BCUT2D eigenvalue weighted by atomic mass is 32.1. The van der Waals surface area contributed by atoms with Crippen LogP contribution in [-0.4, -0.2) is 16.0 Å². The van der Waals surface area contributed by atoms with Crippen molar-refractivity contribution in [2.75, 3.05) is 0 Å². The van der Waals surface area contributed by atoms with Gasteiger partial charge in [-0.1, -0.05) is 18.2 Å². The van der Waals surface area contributed by atoms with E-state index in [1.165, 1.54) is 22.2 Å². The molecule has 1 aliphatic rings. The van der Waals surface area contributed by atoms with Gasteiger partial charge in [0.1, 0.15) is 5.01 Å². The van der Waals surface area contributed by atoms with Gasteiger partial charge in [-0.25, -0.2) is 4.98 Å². The number of nitrogens with two attached hydrogens (primary N) is 1. The van der Waals surface area contributed by atoms with Crippen LogP contribution in [0, 0.1) is 0 Å². The second-order valence-corrected chi connectivity index (χ2v) is 6.11. The first-order valence-corrected chi connectivity index (χ1v) is 7.47. The minimum absolute atomic E-state index is 0.378. The highest BCUT2D eigenvalue weighted by Gasteiger charge is 2.29. The zero-order chi connectivity index (χ0) is 12.8. The smallest absolute Gasteiger partial charge is 0.125 e. The first-order valence-electron chi connectivity index (χ1n) is 6.59. The fourth-order valence-corrected chi connectivity index (χ4v) is 3.68. The van der Waals surface area contributed by atoms with Crippen LogP contribution in [-0.2, 0) is 0 Å². The molecule has 1 saturated carbocycles. The lowest BCUT2D eigenvalue weighted by atomic mass is 9.79. The van der Waals surface area contributed by atoms with E-state index >= 15 is 0 Å². The number of fused-ring (bicyclic) bond motifs is 1. The van der Waals surface area contributed by atoms with Crippen molar-refractivity contribution in [1.29, 1.82) is 0 Å². The molecule has 0 saturated heterocycles. The van der Waals surface area contributed by atoms with Crippen LogP contribution in [0.3, 0.4) is 0 Å². The van der Waals surface area contributed by atoms with Crippen LogP contribution in [0.15, 0.2) is 35.8 Å². The van der Waals surface area contributed by atoms with Gasteiger partial charge in [0.2, 0.25) is 0 Å². The molecule has 2 aromatic heterocycles. The quantitative estimate of drug-likeness (QED) is 0.748. The fourth-order valence-electron chi connectivity index (χ4n) is 2.75. The average Bonchev–Trinajstić information content (AvgIpc) is 3.01. The Hall–Kier alpha value is -1.65. The summed E-state index contributed by atoms with van der Waals surface area (Å²) in [6, 6.07) is 8.73. The van der Waals surface area contributed by atoms with Gasteiger partial charge in [-0.2, -0.15) is 0 Å². The predicted octanol–water partition coefficient (Wildman–Crippen LogP) is 3.50. The van der Waals surface area contributed by atoms with Gasteiger partial charge in [-0.3, -0.25) is 0 Å². The van der Waals surface area contributed by atoms with Gasteiger partial charge in [0.25, 0.3) is 0 Å². The molecular weight excluding hydrogens is 254 g/mol. The van der Waals surface area contributed by atoms with E-state index in [0.717, 1.165) is 17.8 Å². The first-order chi connectivity index (χ1) is 9.31. The number of para-hydroxylation sites is 1. The maximum absolute atomic E-state index is 5.85. The Morgan fingerprint density at radius 3 is 2.95 bits per heavy atom. The number of H-pyrrole nitrogens is 1. The number of thiazole rings is 1. The van der Waals surface area contributed by atoms with E-state index in [1.807, 2.05) is 6.07 Å². The summed E-state index contributed by atoms with van der Waals surface area (Å²) in [5.41, 5.74) is 9.44. The van der Waals surface area contributed by atoms with E-state index < -0.39 is 0 Å². The number of hydrogen-bond donors (Lipinski definition) is 2. The van der Waals surface area contributed by atoms with Crippen LogP contribution in [0.25, 0.3) is 21.5 Å². The number of aromatic amines is 1. The van der Waals surface area contributed by atoms with E-state index in [-0.39, 0.29) is 0 Å². The molecule has 96 valence electrons. The van der Waals surface area contributed by atoms with Gasteiger partial charge in [0.05, 0.1) is 5.69 Å². The second-order valence-electron chi connectivity index (χ2n) is 5.25. The molecule has 1 fully saturated rings. The Morgan fingerprint density at radius 2 is 2.11 bits per heavy atom. The lowest BCUT2D eigenvalue weighted by molar-refractivity contribution is 0.346. The van der Waals surface area contributed by atoms with E-state index in [0.29, 0.717) is 12.0 Å². The van der Waals surface area contributed by atoms with Crippen LogP contribution in [0.4, 0.5) is 0 Å². The second kappa shape index (κ2) is 4.18. The van der Waals surface area contributed by atoms with Crippen molar-refractivity contribution in [2.24, 2.45) is 5.73 Å². The Morgan fingerprint density at radius 1 is 1.26 bits per heavy atom. The molecule has 0 radical (unpaired) electrons. The number of hydrogen-bond acceptors (Lipinski definition) is 3. The number of nitrogens with one attached hydrogen (secondary N) is 1. The SMILES string of the molecule is NC1CC(c2csc(-c3c[nH]c4ccccc34)n2)C1. The molecule has 0 spiro atoms. The zero-order valence-electron chi connectivity index (χ0n) is 10.5. The van der Waals surface area contributed by atoms with Gasteiger partial charge >= 0.3 is 0 Å². The van der Waals surface area contributed by atoms with Crippen LogP contribution in [0.5, 0.6) is 0 Å². The van der Waals surface area contributed by atoms with Gasteiger partial charge < -0.3 is 10.7 Å². The number of aromatic nitrogens is 2. The summed E-state index contributed by atoms with van der Waals surface area (Å²) in [6.07, 6.45) is 4.22. The summed E-state index contributed by atoms with van der Waals surface area (Å²) in [6.45, 7) is 0. The van der Waals surface area contributed by atoms with E-state index in [1.54, 1.807) is 11.3 Å². The molecule has 0 unspecified atom stereocenters. The number of benzene rings is 1. The lowest BCUT2D eigenvalue weighted by Crippen LogP contribution is -2.34. The third kappa shape index (κ3) is 1.79. The molecular formula is C15H15N3S. The molecule has 19 heavy (non-hydrogen) atoms. The third-order valence-electron chi connectivity index (χ3n) is 3.93. The lowest BCUT2D eigenvalue weighted by Gasteiger charge is -2.30. The monoisotopic (exact) mass is 269 g/mol. The van der Waals surface area contributed by atoms with Gasteiger partial charge in [-0.05, 0) is 18.9 Å². The number of rotatable bonds is 2. The van der Waals surface area contributed by atoms with Crippen LogP contribution in [0.1, 0.15) is 24.5 Å². The maximum Gasteiger partial charge on any atom is 0.125 e. The Bertz CT molecular complexity index is 722. The van der Waals surface area contributed by atoms with Crippen molar-refractivity contribution in [1.82, 2.24) is 9.97 Å². The van der Waals surface area contributed by atoms with Crippen molar-refractivity contribution >= 4 is 22.2 Å². The molecule has 4 rings (SSSR count). The topological polar surface area (TPSA) is 54.7 Å². The molecule has 0 amide bonds. The van der Waals surface area contributed by atoms with Crippen LogP contribution < -0.4 is 5.73 Å². The van der Waals surface area contributed by atoms with Crippen molar-refractivity contribution in [3.8, 4) is 10.6 Å². The standard InChI is InChI=1S/C15H15N3S/c16-10-5-9(6-10)14-8-19-15(18-14)12-7-17-13-4-2-1-3-11(12)13/h1-4,7-10,17H,5-6,16H2. The normalized spacial score (nSPS) is 22.6. The molecule has 1 aromatic carbocycles. The fraction of sp³-hybridized carbons (Fsp3) is 0.267. The molecule has 3 N–H and O–H groups in total. The molecule has 1 aliphatic carbocycles. The predicted molar refractivity (Wildman–Crippen MR) is 79.4 cm³/mol. The first kappa shape index (κ1) is 11.2. The third-order valence-corrected chi connectivity index (χ3v) is 4.83. The zero-order valence-corrected chi connectivity index (χ0v) is 11.3. The average molecular weight is 269 g/mol. The minimum Gasteiger partial charge on any atom is -0.360 e. The molecule has 0 aliphatic heterocycles. The summed E-state index contributed by atoms with van der Waals surface area (Å²) < 4.78 is 0. The van der Waals surface area contributed by atoms with Crippen molar-refractivity contribution < 1.29 is 0 Å². The largest absolute Gasteiger partial charge is 0.360 e. The summed E-state index contributed by atoms with van der Waals surface area (Å²) in [5, 5.41) is 4.54. The van der Waals surface area contributed by atoms with E-state index in [9.17, 15) is 0 Å². The maximum atomic E-state index is 5.85. The summed E-state index contributed by atoms with van der Waals surface area (Å²) in [4.78, 5) is 8.11. The van der Waals surface area contributed by atoms with Crippen LogP contribution in [0.2, 0.25) is 0 Å². The molecule has 3 aromatic rings. The molecule has 2 heterocycles. The van der Waals surface area contributed by atoms with Gasteiger partial charge in [0, 0.05) is 40.0 Å². The Kier molecular flexibility index (Phi) is 2.47. The van der Waals surface area contributed by atoms with Gasteiger partial charge in [0.15, 0.2) is 0 Å². The van der Waals surface area contributed by atoms with Crippen molar-refractivity contribution in [3.05, 3.63) is 41.5 Å². The van der Waals surface area contributed by atoms with E-state index in [4.69, 9.17) is 10.7 Å². The number of nitrogens with zero attached hydrogens (tertiary/aromatic N) is 1. The molecule has 3 nitrogen and oxygen atoms in total. The van der Waals surface area contributed by atoms with E-state index in [2.05, 4.69) is 34.8 Å². The Labute approximate surface area is 115 Å². The highest BCUT2D eigenvalue weighted by Crippen LogP contribution is 2.38. The Balaban J connectivity index is 1.72. The molecule has 4 heteroatoms. The summed E-state index contributed by atoms with van der Waals surface area (Å²) >= 11 is 1.73. The molecule has 0 bridgehead atoms. The van der Waals surface area contributed by atoms with Crippen molar-refractivity contribution in [2.45, 2.75) is 24.8 Å². The van der Waals surface area contributed by atoms with Gasteiger partial charge in [-0.15, -0.1) is 11.3 Å². The highest BCUT2D eigenvalue weighted by molar-refractivity contribution is 7.13. The van der Waals surface area contributed by atoms with Crippen LogP contribution >= 0.6 is 11.3 Å². The summed E-state index contributed by atoms with van der Waals surface area (Å²) in [7, 11) is 0. The van der Waals surface area contributed by atoms with Crippen molar-refractivity contribution in [3.63, 3.8) is 0 Å².